The second-order valence-electron chi connectivity index (χ2n) is 7.75. The van der Waals surface area contributed by atoms with E-state index in [9.17, 15) is 4.79 Å². The van der Waals surface area contributed by atoms with Crippen LogP contribution >= 0.6 is 11.3 Å². The molecule has 2 bridgehead atoms. The molecule has 0 radical (unpaired) electrons. The van der Waals surface area contributed by atoms with Gasteiger partial charge in [-0.25, -0.2) is 9.97 Å². The van der Waals surface area contributed by atoms with Crippen molar-refractivity contribution in [3.8, 4) is 0 Å². The van der Waals surface area contributed by atoms with Crippen LogP contribution in [0.5, 0.6) is 0 Å². The quantitative estimate of drug-likeness (QED) is 0.707. The van der Waals surface area contributed by atoms with Crippen molar-refractivity contribution in [3.63, 3.8) is 0 Å². The molecule has 3 aromatic rings. The molecule has 0 aliphatic heterocycles. The van der Waals surface area contributed by atoms with Crippen molar-refractivity contribution in [1.29, 1.82) is 0 Å². The second kappa shape index (κ2) is 5.09. The molecule has 0 spiro atoms. The Labute approximate surface area is 154 Å². The number of thiophene rings is 1. The van der Waals surface area contributed by atoms with Gasteiger partial charge in [0.05, 0.1) is 28.4 Å². The van der Waals surface area contributed by atoms with Crippen molar-refractivity contribution in [2.24, 2.45) is 10.8 Å². The highest BCUT2D eigenvalue weighted by atomic mass is 32.1. The minimum atomic E-state index is -0.209. The van der Waals surface area contributed by atoms with Gasteiger partial charge in [-0.3, -0.25) is 4.79 Å². The van der Waals surface area contributed by atoms with E-state index in [0.717, 1.165) is 63.3 Å². The number of esters is 1. The Morgan fingerprint density at radius 2 is 2.04 bits per heavy atom. The number of rotatable bonds is 4. The lowest BCUT2D eigenvalue weighted by molar-refractivity contribution is -0.220. The second-order valence-corrected chi connectivity index (χ2v) is 8.75. The van der Waals surface area contributed by atoms with E-state index in [1.807, 2.05) is 6.92 Å². The Morgan fingerprint density at radius 1 is 1.27 bits per heavy atom. The fourth-order valence-corrected chi connectivity index (χ4v) is 5.80. The van der Waals surface area contributed by atoms with Gasteiger partial charge in [-0.05, 0) is 44.1 Å². The number of aromatic nitrogens is 4. The van der Waals surface area contributed by atoms with Crippen molar-refractivity contribution in [2.45, 2.75) is 33.1 Å². The molecule has 0 amide bonds. The lowest BCUT2D eigenvalue weighted by Crippen LogP contribution is -2.67. The van der Waals surface area contributed by atoms with Gasteiger partial charge in [0.25, 0.3) is 0 Å². The summed E-state index contributed by atoms with van der Waals surface area (Å²) in [7, 11) is 1.47. The first kappa shape index (κ1) is 15.9. The van der Waals surface area contributed by atoms with Gasteiger partial charge in [0, 0.05) is 11.9 Å². The molecule has 0 saturated heterocycles. The number of hydrogen-bond donors (Lipinski definition) is 1. The zero-order chi connectivity index (χ0) is 18.1. The molecule has 3 heterocycles. The summed E-state index contributed by atoms with van der Waals surface area (Å²) in [5, 5.41) is 13.1. The standard InChI is InChI=1S/C18H19N5O2S/c1-9-10(2)22-23-15-11(9)12-13(26-15)14(21-8-20-12)19-7-17-4-18(5-17,6-17)16(24)25-3/h8H,4-7H2,1-3H3,(H,19,20,21). The monoisotopic (exact) mass is 369 g/mol. The fourth-order valence-electron chi connectivity index (χ4n) is 4.70. The molecule has 8 heteroatoms. The Kier molecular flexibility index (Phi) is 3.11. The van der Waals surface area contributed by atoms with Gasteiger partial charge in [0.2, 0.25) is 0 Å². The number of ether oxygens (including phenoxy) is 1. The highest BCUT2D eigenvalue weighted by Gasteiger charge is 2.71. The average Bonchev–Trinajstić information content (AvgIpc) is 2.95. The Morgan fingerprint density at radius 3 is 2.77 bits per heavy atom. The lowest BCUT2D eigenvalue weighted by atomic mass is 9.35. The van der Waals surface area contributed by atoms with Gasteiger partial charge in [-0.2, -0.15) is 5.10 Å². The molecule has 7 nitrogen and oxygen atoms in total. The van der Waals surface area contributed by atoms with Crippen LogP contribution in [0.2, 0.25) is 0 Å². The van der Waals surface area contributed by atoms with Gasteiger partial charge < -0.3 is 10.1 Å². The van der Waals surface area contributed by atoms with E-state index in [1.165, 1.54) is 7.11 Å². The topological polar surface area (TPSA) is 89.9 Å². The Balaban J connectivity index is 1.43. The van der Waals surface area contributed by atoms with E-state index in [1.54, 1.807) is 17.7 Å². The van der Waals surface area contributed by atoms with E-state index in [-0.39, 0.29) is 16.8 Å². The summed E-state index contributed by atoms with van der Waals surface area (Å²) in [6.45, 7) is 4.84. The molecule has 3 aliphatic carbocycles. The molecule has 0 aromatic carbocycles. The number of carbonyl (C=O) groups excluding carboxylic acids is 1. The molecule has 134 valence electrons. The Bertz CT molecular complexity index is 1060. The first-order valence-electron chi connectivity index (χ1n) is 8.66. The maximum atomic E-state index is 11.8. The van der Waals surface area contributed by atoms with Crippen LogP contribution in [0, 0.1) is 24.7 Å². The molecule has 6 rings (SSSR count). The first-order valence-corrected chi connectivity index (χ1v) is 9.48. The highest BCUT2D eigenvalue weighted by molar-refractivity contribution is 7.25. The number of fused-ring (bicyclic) bond motifs is 3. The molecule has 0 atom stereocenters. The number of nitrogens with zero attached hydrogens (tertiary/aromatic N) is 4. The molecular formula is C18H19N5O2S. The van der Waals surface area contributed by atoms with E-state index in [4.69, 9.17) is 4.74 Å². The predicted octanol–water partition coefficient (Wildman–Crippen LogP) is 3.01. The van der Waals surface area contributed by atoms with Gasteiger partial charge in [0.1, 0.15) is 17.0 Å². The normalized spacial score (nSPS) is 26.4. The van der Waals surface area contributed by atoms with E-state index in [2.05, 4.69) is 32.4 Å². The molecule has 3 saturated carbocycles. The predicted molar refractivity (Wildman–Crippen MR) is 99.2 cm³/mol. The van der Waals surface area contributed by atoms with Crippen molar-refractivity contribution < 1.29 is 9.53 Å². The van der Waals surface area contributed by atoms with Crippen molar-refractivity contribution >= 4 is 43.6 Å². The summed E-state index contributed by atoms with van der Waals surface area (Å²) in [5.41, 5.74) is 2.97. The molecule has 3 fully saturated rings. The highest BCUT2D eigenvalue weighted by Crippen LogP contribution is 2.73. The summed E-state index contributed by atoms with van der Waals surface area (Å²) >= 11 is 1.57. The number of methoxy groups -OCH3 is 1. The number of nitrogens with one attached hydrogen (secondary N) is 1. The summed E-state index contributed by atoms with van der Waals surface area (Å²) < 4.78 is 5.94. The van der Waals surface area contributed by atoms with Crippen molar-refractivity contribution in [1.82, 2.24) is 20.2 Å². The number of aryl methyl sites for hydroxylation is 2. The van der Waals surface area contributed by atoms with Crippen molar-refractivity contribution in [2.75, 3.05) is 19.0 Å². The van der Waals surface area contributed by atoms with Crippen LogP contribution in [0.25, 0.3) is 20.4 Å². The smallest absolute Gasteiger partial charge is 0.311 e. The van der Waals surface area contributed by atoms with Crippen LogP contribution in [0.15, 0.2) is 6.33 Å². The van der Waals surface area contributed by atoms with Crippen LogP contribution < -0.4 is 5.32 Å². The van der Waals surface area contributed by atoms with Gasteiger partial charge in [-0.1, -0.05) is 0 Å². The lowest BCUT2D eigenvalue weighted by Gasteiger charge is -2.68. The third kappa shape index (κ3) is 1.96. The van der Waals surface area contributed by atoms with E-state index >= 15 is 0 Å². The number of carbonyl (C=O) groups is 1. The molecular weight excluding hydrogens is 350 g/mol. The van der Waals surface area contributed by atoms with Crippen LogP contribution in [-0.2, 0) is 9.53 Å². The third-order valence-corrected chi connectivity index (χ3v) is 7.12. The summed E-state index contributed by atoms with van der Waals surface area (Å²) in [6.07, 6.45) is 4.32. The van der Waals surface area contributed by atoms with Crippen LogP contribution in [0.3, 0.4) is 0 Å². The van der Waals surface area contributed by atoms with Crippen LogP contribution in [0.4, 0.5) is 5.82 Å². The maximum absolute atomic E-state index is 11.8. The minimum Gasteiger partial charge on any atom is -0.469 e. The minimum absolute atomic E-state index is 0.0577. The average molecular weight is 369 g/mol. The summed E-state index contributed by atoms with van der Waals surface area (Å²) in [5.74, 6) is 0.782. The number of anilines is 1. The van der Waals surface area contributed by atoms with Crippen molar-refractivity contribution in [3.05, 3.63) is 17.6 Å². The molecule has 1 N–H and O–H groups in total. The zero-order valence-corrected chi connectivity index (χ0v) is 15.7. The molecule has 3 aromatic heterocycles. The van der Waals surface area contributed by atoms with Gasteiger partial charge in [-0.15, -0.1) is 16.4 Å². The Hall–Kier alpha value is -2.35. The fraction of sp³-hybridized carbons (Fsp3) is 0.500. The van der Waals surface area contributed by atoms with Crippen LogP contribution in [-0.4, -0.2) is 39.8 Å². The molecule has 26 heavy (non-hydrogen) atoms. The SMILES string of the molecule is COC(=O)C12CC(CNc3ncnc4c3sc3nnc(C)c(C)c34)(C1)C2. The van der Waals surface area contributed by atoms with E-state index in [0.29, 0.717) is 0 Å². The first-order chi connectivity index (χ1) is 12.5. The zero-order valence-electron chi connectivity index (χ0n) is 14.9. The molecule has 0 unspecified atom stereocenters. The van der Waals surface area contributed by atoms with E-state index < -0.39 is 0 Å². The summed E-state index contributed by atoms with van der Waals surface area (Å²) in [4.78, 5) is 21.7. The maximum Gasteiger partial charge on any atom is 0.311 e. The largest absolute Gasteiger partial charge is 0.469 e. The summed E-state index contributed by atoms with van der Waals surface area (Å²) in [6, 6.07) is 0. The van der Waals surface area contributed by atoms with Gasteiger partial charge >= 0.3 is 5.97 Å². The van der Waals surface area contributed by atoms with Crippen LogP contribution in [0.1, 0.15) is 30.5 Å². The van der Waals surface area contributed by atoms with Gasteiger partial charge in [0.15, 0.2) is 0 Å². The number of hydrogen-bond acceptors (Lipinski definition) is 8. The third-order valence-electron chi connectivity index (χ3n) is 6.05. The molecule has 3 aliphatic rings.